The Morgan fingerprint density at radius 1 is 1.56 bits per heavy atom. The SMILES string of the molecule is CCOC(c1noc(C2CC(O)CN2)n1)C1CC1. The summed E-state index contributed by atoms with van der Waals surface area (Å²) in [6, 6.07) is -0.0253. The van der Waals surface area contributed by atoms with Crippen molar-refractivity contribution in [1.29, 1.82) is 0 Å². The maximum absolute atomic E-state index is 9.48. The van der Waals surface area contributed by atoms with Crippen LogP contribution in [-0.2, 0) is 4.74 Å². The molecular formula is C12H19N3O3. The van der Waals surface area contributed by atoms with Crippen LogP contribution in [0.25, 0.3) is 0 Å². The van der Waals surface area contributed by atoms with Gasteiger partial charge in [-0.25, -0.2) is 0 Å². The van der Waals surface area contributed by atoms with E-state index in [0.29, 0.717) is 37.2 Å². The molecule has 2 aliphatic rings. The average molecular weight is 253 g/mol. The summed E-state index contributed by atoms with van der Waals surface area (Å²) in [4.78, 5) is 4.43. The summed E-state index contributed by atoms with van der Waals surface area (Å²) < 4.78 is 11.0. The molecule has 0 spiro atoms. The summed E-state index contributed by atoms with van der Waals surface area (Å²) in [6.45, 7) is 3.22. The molecule has 3 rings (SSSR count). The van der Waals surface area contributed by atoms with Crippen LogP contribution in [0.3, 0.4) is 0 Å². The summed E-state index contributed by atoms with van der Waals surface area (Å²) in [7, 11) is 0. The molecule has 0 aromatic carbocycles. The van der Waals surface area contributed by atoms with Gasteiger partial charge in [-0.2, -0.15) is 4.98 Å². The van der Waals surface area contributed by atoms with Crippen LogP contribution < -0.4 is 5.32 Å². The van der Waals surface area contributed by atoms with Gasteiger partial charge in [0, 0.05) is 13.2 Å². The van der Waals surface area contributed by atoms with Crippen LogP contribution in [0.15, 0.2) is 4.52 Å². The van der Waals surface area contributed by atoms with Gasteiger partial charge in [-0.05, 0) is 32.1 Å². The standard InChI is InChI=1S/C12H19N3O3/c1-2-17-10(7-3-4-7)11-14-12(18-15-11)9-5-8(16)6-13-9/h7-10,13,16H,2-6H2,1H3. The molecule has 1 aromatic rings. The second-order valence-corrected chi connectivity index (χ2v) is 5.05. The third-order valence-electron chi connectivity index (χ3n) is 3.51. The maximum atomic E-state index is 9.48. The van der Waals surface area contributed by atoms with Gasteiger partial charge in [-0.15, -0.1) is 0 Å². The fourth-order valence-electron chi connectivity index (χ4n) is 2.41. The van der Waals surface area contributed by atoms with Crippen LogP contribution in [0.1, 0.15) is 50.0 Å². The molecule has 18 heavy (non-hydrogen) atoms. The molecule has 100 valence electrons. The smallest absolute Gasteiger partial charge is 0.243 e. The quantitative estimate of drug-likeness (QED) is 0.813. The molecule has 1 aromatic heterocycles. The predicted molar refractivity (Wildman–Crippen MR) is 62.8 cm³/mol. The molecule has 3 unspecified atom stereocenters. The van der Waals surface area contributed by atoms with Gasteiger partial charge in [-0.1, -0.05) is 5.16 Å². The lowest BCUT2D eigenvalue weighted by molar-refractivity contribution is 0.0384. The van der Waals surface area contributed by atoms with Gasteiger partial charge in [0.15, 0.2) is 0 Å². The Hall–Kier alpha value is -0.980. The molecule has 2 heterocycles. The van der Waals surface area contributed by atoms with E-state index < -0.39 is 0 Å². The van der Waals surface area contributed by atoms with Gasteiger partial charge < -0.3 is 19.7 Å². The highest BCUT2D eigenvalue weighted by Crippen LogP contribution is 2.42. The van der Waals surface area contributed by atoms with E-state index in [2.05, 4.69) is 15.5 Å². The van der Waals surface area contributed by atoms with Crippen molar-refractivity contribution >= 4 is 0 Å². The number of rotatable bonds is 5. The lowest BCUT2D eigenvalue weighted by atomic mass is 10.2. The van der Waals surface area contributed by atoms with Crippen LogP contribution >= 0.6 is 0 Å². The largest absolute Gasteiger partial charge is 0.392 e. The third-order valence-corrected chi connectivity index (χ3v) is 3.51. The zero-order valence-electron chi connectivity index (χ0n) is 10.5. The first kappa shape index (κ1) is 12.1. The average Bonchev–Trinajstić information content (AvgIpc) is 2.91. The zero-order chi connectivity index (χ0) is 12.5. The van der Waals surface area contributed by atoms with E-state index in [-0.39, 0.29) is 18.2 Å². The zero-order valence-corrected chi connectivity index (χ0v) is 10.5. The number of aliphatic hydroxyl groups excluding tert-OH is 1. The highest BCUT2D eigenvalue weighted by atomic mass is 16.5. The fourth-order valence-corrected chi connectivity index (χ4v) is 2.41. The van der Waals surface area contributed by atoms with Crippen molar-refractivity contribution in [3.05, 3.63) is 11.7 Å². The molecule has 3 atom stereocenters. The third kappa shape index (κ3) is 2.41. The highest BCUT2D eigenvalue weighted by molar-refractivity contribution is 5.02. The molecule has 1 aliphatic heterocycles. The Morgan fingerprint density at radius 2 is 2.39 bits per heavy atom. The monoisotopic (exact) mass is 253 g/mol. The normalized spacial score (nSPS) is 29.7. The van der Waals surface area contributed by atoms with E-state index in [4.69, 9.17) is 9.26 Å². The van der Waals surface area contributed by atoms with E-state index in [1.165, 1.54) is 12.8 Å². The van der Waals surface area contributed by atoms with Crippen LogP contribution in [-0.4, -0.2) is 34.5 Å². The molecule has 2 fully saturated rings. The Bertz CT molecular complexity index is 405. The molecule has 2 N–H and O–H groups in total. The van der Waals surface area contributed by atoms with Crippen molar-refractivity contribution in [2.24, 2.45) is 5.92 Å². The van der Waals surface area contributed by atoms with E-state index >= 15 is 0 Å². The first-order valence-corrected chi connectivity index (χ1v) is 6.64. The molecule has 6 nitrogen and oxygen atoms in total. The molecule has 1 saturated carbocycles. The molecular weight excluding hydrogens is 234 g/mol. The van der Waals surface area contributed by atoms with Crippen molar-refractivity contribution < 1.29 is 14.4 Å². The Balaban J connectivity index is 1.71. The maximum Gasteiger partial charge on any atom is 0.243 e. The van der Waals surface area contributed by atoms with Gasteiger partial charge in [-0.3, -0.25) is 0 Å². The topological polar surface area (TPSA) is 80.4 Å². The second kappa shape index (κ2) is 4.95. The Labute approximate surface area is 106 Å². The van der Waals surface area contributed by atoms with Gasteiger partial charge in [0.05, 0.1) is 12.1 Å². The number of aliphatic hydroxyl groups is 1. The van der Waals surface area contributed by atoms with Crippen LogP contribution in [0, 0.1) is 5.92 Å². The molecule has 1 aliphatic carbocycles. The molecule has 1 saturated heterocycles. The highest BCUT2D eigenvalue weighted by Gasteiger charge is 2.37. The number of nitrogens with zero attached hydrogens (tertiary/aromatic N) is 2. The molecule has 0 amide bonds. The van der Waals surface area contributed by atoms with Gasteiger partial charge in [0.2, 0.25) is 11.7 Å². The minimum atomic E-state index is -0.323. The van der Waals surface area contributed by atoms with Crippen LogP contribution in [0.4, 0.5) is 0 Å². The number of hydrogen-bond donors (Lipinski definition) is 2. The fraction of sp³-hybridized carbons (Fsp3) is 0.833. The Kier molecular flexibility index (Phi) is 3.32. The summed E-state index contributed by atoms with van der Waals surface area (Å²) in [6.07, 6.45) is 2.63. The first-order valence-electron chi connectivity index (χ1n) is 6.64. The molecule has 6 heteroatoms. The Morgan fingerprint density at radius 3 is 3.00 bits per heavy atom. The van der Waals surface area contributed by atoms with Crippen LogP contribution in [0.2, 0.25) is 0 Å². The van der Waals surface area contributed by atoms with Crippen LogP contribution in [0.5, 0.6) is 0 Å². The summed E-state index contributed by atoms with van der Waals surface area (Å²) in [5.74, 6) is 1.75. The van der Waals surface area contributed by atoms with Gasteiger partial charge in [0.25, 0.3) is 0 Å². The predicted octanol–water partition coefficient (Wildman–Crippen LogP) is 0.953. The molecule has 0 radical (unpaired) electrons. The first-order chi connectivity index (χ1) is 8.78. The number of β-amino-alcohol motifs (C(OH)–C–C–N with tert-alkyl or cyclic N) is 1. The van der Waals surface area contributed by atoms with E-state index in [9.17, 15) is 5.11 Å². The minimum absolute atomic E-state index is 0.0253. The van der Waals surface area contributed by atoms with Crippen molar-refractivity contribution in [2.45, 2.75) is 44.4 Å². The summed E-state index contributed by atoms with van der Waals surface area (Å²) >= 11 is 0. The number of ether oxygens (including phenoxy) is 1. The van der Waals surface area contributed by atoms with Crippen molar-refractivity contribution in [1.82, 2.24) is 15.5 Å². The van der Waals surface area contributed by atoms with Crippen molar-refractivity contribution in [3.8, 4) is 0 Å². The van der Waals surface area contributed by atoms with E-state index in [0.717, 1.165) is 0 Å². The second-order valence-electron chi connectivity index (χ2n) is 5.05. The lowest BCUT2D eigenvalue weighted by Crippen LogP contribution is -2.15. The number of aromatic nitrogens is 2. The van der Waals surface area contributed by atoms with Gasteiger partial charge in [0.1, 0.15) is 6.10 Å². The van der Waals surface area contributed by atoms with Crippen molar-refractivity contribution in [2.75, 3.05) is 13.2 Å². The minimum Gasteiger partial charge on any atom is -0.392 e. The van der Waals surface area contributed by atoms with E-state index in [1.54, 1.807) is 0 Å². The molecule has 0 bridgehead atoms. The lowest BCUT2D eigenvalue weighted by Gasteiger charge is -2.11. The van der Waals surface area contributed by atoms with Crippen molar-refractivity contribution in [3.63, 3.8) is 0 Å². The summed E-state index contributed by atoms with van der Waals surface area (Å²) in [5.41, 5.74) is 0. The number of nitrogens with one attached hydrogen (secondary N) is 1. The van der Waals surface area contributed by atoms with Gasteiger partial charge >= 0.3 is 0 Å². The van der Waals surface area contributed by atoms with E-state index in [1.807, 2.05) is 6.92 Å². The number of hydrogen-bond acceptors (Lipinski definition) is 6. The summed E-state index contributed by atoms with van der Waals surface area (Å²) in [5, 5.41) is 16.7.